The monoisotopic (exact) mass is 517 g/mol. The molecule has 2 aromatic carbocycles. The molecule has 3 rings (SSSR count). The number of urea groups is 1. The van der Waals surface area contributed by atoms with E-state index >= 15 is 0 Å². The lowest BCUT2D eigenvalue weighted by atomic mass is 9.98. The van der Waals surface area contributed by atoms with Crippen LogP contribution in [-0.4, -0.2) is 28.3 Å². The van der Waals surface area contributed by atoms with Crippen LogP contribution in [0, 0.1) is 6.92 Å². The van der Waals surface area contributed by atoms with Crippen LogP contribution in [0.2, 0.25) is 10.0 Å². The number of anilines is 1. The van der Waals surface area contributed by atoms with Gasteiger partial charge in [0, 0.05) is 24.4 Å². The topological polar surface area (TPSA) is 110 Å². The van der Waals surface area contributed by atoms with Crippen molar-refractivity contribution in [2.75, 3.05) is 11.9 Å². The molecule has 2 amide bonds. The van der Waals surface area contributed by atoms with Crippen molar-refractivity contribution in [3.63, 3.8) is 0 Å². The van der Waals surface area contributed by atoms with Gasteiger partial charge in [-0.2, -0.15) is 0 Å². The quantitative estimate of drug-likeness (QED) is 0.373. The average molecular weight is 518 g/mol. The van der Waals surface area contributed by atoms with Gasteiger partial charge in [-0.15, -0.1) is 0 Å². The summed E-state index contributed by atoms with van der Waals surface area (Å²) in [5.74, 6) is -0.846. The zero-order valence-corrected chi connectivity index (χ0v) is 20.9. The fourth-order valence-electron chi connectivity index (χ4n) is 3.59. The van der Waals surface area contributed by atoms with Crippen LogP contribution in [0.25, 0.3) is 11.1 Å². The number of esters is 1. The zero-order chi connectivity index (χ0) is 25.7. The number of benzene rings is 2. The Morgan fingerprint density at radius 3 is 2.60 bits per heavy atom. The molecule has 0 spiro atoms. The maximum absolute atomic E-state index is 12.8. The second-order valence-electron chi connectivity index (χ2n) is 7.84. The van der Waals surface area contributed by atoms with E-state index in [9.17, 15) is 19.5 Å². The van der Waals surface area contributed by atoms with Crippen molar-refractivity contribution in [3.8, 4) is 16.9 Å². The molecule has 1 heterocycles. The molecule has 8 nitrogen and oxygen atoms in total. The van der Waals surface area contributed by atoms with Gasteiger partial charge in [-0.1, -0.05) is 53.5 Å². The van der Waals surface area contributed by atoms with E-state index in [2.05, 4.69) is 10.6 Å². The average Bonchev–Trinajstić information content (AvgIpc) is 2.82. The number of aromatic nitrogens is 1. The van der Waals surface area contributed by atoms with Crippen molar-refractivity contribution in [1.82, 2.24) is 9.88 Å². The number of ether oxygens (including phenoxy) is 1. The Labute approximate surface area is 212 Å². The Kier molecular flexibility index (Phi) is 8.43. The molecule has 10 heteroatoms. The molecule has 3 aromatic rings. The lowest BCUT2D eigenvalue weighted by Gasteiger charge is -2.20. The molecule has 0 fully saturated rings. The number of hydrogen-bond donors (Lipinski definition) is 3. The second kappa shape index (κ2) is 11.3. The Morgan fingerprint density at radius 1 is 1.17 bits per heavy atom. The molecular weight excluding hydrogens is 493 g/mol. The van der Waals surface area contributed by atoms with Crippen LogP contribution in [0.3, 0.4) is 0 Å². The van der Waals surface area contributed by atoms with E-state index in [0.29, 0.717) is 26.7 Å². The van der Waals surface area contributed by atoms with E-state index in [0.717, 1.165) is 5.56 Å². The number of carbonyl (C=O) groups excluding carboxylic acids is 2. The van der Waals surface area contributed by atoms with Gasteiger partial charge >= 0.3 is 12.0 Å². The van der Waals surface area contributed by atoms with Gasteiger partial charge in [0.15, 0.2) is 5.69 Å². The Bertz CT molecular complexity index is 1320. The molecule has 0 bridgehead atoms. The van der Waals surface area contributed by atoms with Gasteiger partial charge in [-0.3, -0.25) is 9.59 Å². The molecule has 1 unspecified atom stereocenters. The lowest BCUT2D eigenvalue weighted by Crippen LogP contribution is -2.36. The molecule has 184 valence electrons. The summed E-state index contributed by atoms with van der Waals surface area (Å²) >= 11 is 12.5. The first-order chi connectivity index (χ1) is 16.6. The van der Waals surface area contributed by atoms with Crippen LogP contribution in [0.5, 0.6) is 5.75 Å². The second-order valence-corrected chi connectivity index (χ2v) is 8.62. The maximum atomic E-state index is 12.8. The van der Waals surface area contributed by atoms with Gasteiger partial charge in [0.25, 0.3) is 5.56 Å². The third-order valence-corrected chi connectivity index (χ3v) is 6.12. The first kappa shape index (κ1) is 26.1. The van der Waals surface area contributed by atoms with Gasteiger partial charge < -0.3 is 25.0 Å². The first-order valence-electron chi connectivity index (χ1n) is 10.8. The lowest BCUT2D eigenvalue weighted by molar-refractivity contribution is -0.143. The number of hydrogen-bond acceptors (Lipinski definition) is 5. The summed E-state index contributed by atoms with van der Waals surface area (Å²) in [6.07, 6.45) is 1.29. The van der Waals surface area contributed by atoms with E-state index in [-0.39, 0.29) is 24.5 Å². The largest absolute Gasteiger partial charge is 0.505 e. The van der Waals surface area contributed by atoms with Crippen molar-refractivity contribution < 1.29 is 19.4 Å². The summed E-state index contributed by atoms with van der Waals surface area (Å²) in [6.45, 7) is 3.47. The number of carbonyl (C=O) groups is 2. The Balaban J connectivity index is 1.93. The van der Waals surface area contributed by atoms with Crippen molar-refractivity contribution in [1.29, 1.82) is 0 Å². The van der Waals surface area contributed by atoms with Crippen LogP contribution < -0.4 is 16.2 Å². The standard InChI is InChI=1S/C25H25Cl2N3O5/c1-4-35-20(31)12-19(28-25(34)29-22-23(32)14(2)13-30(3)24(22)33)16-8-5-7-15(11-16)17-9-6-10-18(26)21(17)27/h5-11,13,19,32H,4,12H2,1-3H3,(H2,28,29,34). The summed E-state index contributed by atoms with van der Waals surface area (Å²) in [6, 6.07) is 10.8. The number of rotatable bonds is 7. The Morgan fingerprint density at radius 2 is 1.89 bits per heavy atom. The third-order valence-electron chi connectivity index (χ3n) is 5.30. The number of nitrogens with one attached hydrogen (secondary N) is 2. The number of halogens is 2. The molecular formula is C25H25Cl2N3O5. The van der Waals surface area contributed by atoms with Crippen molar-refractivity contribution in [2.24, 2.45) is 7.05 Å². The number of aryl methyl sites for hydroxylation is 2. The highest BCUT2D eigenvalue weighted by molar-refractivity contribution is 6.43. The zero-order valence-electron chi connectivity index (χ0n) is 19.4. The van der Waals surface area contributed by atoms with Crippen LogP contribution in [0.4, 0.5) is 10.5 Å². The predicted molar refractivity (Wildman–Crippen MR) is 136 cm³/mol. The van der Waals surface area contributed by atoms with Gasteiger partial charge in [-0.25, -0.2) is 4.79 Å². The molecule has 1 atom stereocenters. The van der Waals surface area contributed by atoms with E-state index in [1.807, 2.05) is 12.1 Å². The summed E-state index contributed by atoms with van der Waals surface area (Å²) in [5.41, 5.74) is 1.59. The number of nitrogens with zero attached hydrogens (tertiary/aromatic N) is 1. The van der Waals surface area contributed by atoms with Crippen LogP contribution in [0.1, 0.15) is 30.5 Å². The summed E-state index contributed by atoms with van der Waals surface area (Å²) in [4.78, 5) is 37.6. The first-order valence-corrected chi connectivity index (χ1v) is 11.5. The summed E-state index contributed by atoms with van der Waals surface area (Å²) in [5, 5.41) is 16.2. The van der Waals surface area contributed by atoms with E-state index in [4.69, 9.17) is 27.9 Å². The molecule has 1 aromatic heterocycles. The predicted octanol–water partition coefficient (Wildman–Crippen LogP) is 5.19. The molecule has 35 heavy (non-hydrogen) atoms. The van der Waals surface area contributed by atoms with Crippen LogP contribution >= 0.6 is 23.2 Å². The number of amides is 2. The minimum atomic E-state index is -0.803. The number of pyridine rings is 1. The molecule has 0 aliphatic heterocycles. The molecule has 0 saturated carbocycles. The summed E-state index contributed by atoms with van der Waals surface area (Å²) in [7, 11) is 1.51. The van der Waals surface area contributed by atoms with Crippen molar-refractivity contribution in [2.45, 2.75) is 26.3 Å². The molecule has 0 radical (unpaired) electrons. The van der Waals surface area contributed by atoms with Crippen molar-refractivity contribution in [3.05, 3.63) is 80.2 Å². The van der Waals surface area contributed by atoms with Gasteiger partial charge in [0.1, 0.15) is 5.75 Å². The van der Waals surface area contributed by atoms with Gasteiger partial charge in [-0.05, 0) is 37.1 Å². The molecule has 3 N–H and O–H groups in total. The van der Waals surface area contributed by atoms with Gasteiger partial charge in [0.05, 0.1) is 29.1 Å². The van der Waals surface area contributed by atoms with Crippen LogP contribution in [0.15, 0.2) is 53.5 Å². The maximum Gasteiger partial charge on any atom is 0.319 e. The highest BCUT2D eigenvalue weighted by Gasteiger charge is 2.22. The number of aromatic hydroxyl groups is 1. The fraction of sp³-hybridized carbons (Fsp3) is 0.240. The fourth-order valence-corrected chi connectivity index (χ4v) is 4.00. The Hall–Kier alpha value is -3.49. The summed E-state index contributed by atoms with van der Waals surface area (Å²) < 4.78 is 6.32. The van der Waals surface area contributed by atoms with Gasteiger partial charge in [0.2, 0.25) is 0 Å². The van der Waals surface area contributed by atoms with E-state index < -0.39 is 23.6 Å². The third kappa shape index (κ3) is 6.15. The molecule has 0 aliphatic rings. The highest BCUT2D eigenvalue weighted by atomic mass is 35.5. The minimum Gasteiger partial charge on any atom is -0.505 e. The normalized spacial score (nSPS) is 11.6. The van der Waals surface area contributed by atoms with Crippen LogP contribution in [-0.2, 0) is 16.6 Å². The smallest absolute Gasteiger partial charge is 0.319 e. The van der Waals surface area contributed by atoms with E-state index in [1.54, 1.807) is 44.2 Å². The highest BCUT2D eigenvalue weighted by Crippen LogP contribution is 2.34. The SMILES string of the molecule is CCOC(=O)CC(NC(=O)Nc1c(O)c(C)cn(C)c1=O)c1cccc(-c2cccc(Cl)c2Cl)c1. The van der Waals surface area contributed by atoms with E-state index in [1.165, 1.54) is 17.8 Å². The molecule has 0 aliphatic carbocycles. The molecule has 0 saturated heterocycles. The van der Waals surface area contributed by atoms with Crippen molar-refractivity contribution >= 4 is 40.9 Å². The minimum absolute atomic E-state index is 0.161.